The minimum Gasteiger partial charge on any atom is -0.353 e. The Morgan fingerprint density at radius 1 is 1.33 bits per heavy atom. The fraction of sp³-hybridized carbons (Fsp3) is 0.615. The summed E-state index contributed by atoms with van der Waals surface area (Å²) in [6, 6.07) is 2.14. The smallest absolute Gasteiger partial charge is 0.230 e. The van der Waals surface area contributed by atoms with Crippen molar-refractivity contribution in [2.75, 3.05) is 5.75 Å². The molecule has 18 heavy (non-hydrogen) atoms. The first-order valence-electron chi connectivity index (χ1n) is 6.43. The van der Waals surface area contributed by atoms with Crippen LogP contribution in [0.4, 0.5) is 0 Å². The zero-order chi connectivity index (χ0) is 12.8. The van der Waals surface area contributed by atoms with E-state index in [2.05, 4.69) is 22.2 Å². The lowest BCUT2D eigenvalue weighted by molar-refractivity contribution is -0.119. The van der Waals surface area contributed by atoms with Crippen molar-refractivity contribution in [3.05, 3.63) is 18.5 Å². The van der Waals surface area contributed by atoms with Crippen LogP contribution in [0.25, 0.3) is 0 Å². The van der Waals surface area contributed by atoms with Crippen molar-refractivity contribution in [2.24, 2.45) is 5.92 Å². The van der Waals surface area contributed by atoms with Crippen LogP contribution in [0.5, 0.6) is 0 Å². The maximum atomic E-state index is 11.8. The predicted octanol–water partition coefficient (Wildman–Crippen LogP) is 2.26. The molecule has 1 heterocycles. The van der Waals surface area contributed by atoms with E-state index in [1.165, 1.54) is 24.6 Å². The van der Waals surface area contributed by atoms with E-state index in [-0.39, 0.29) is 5.91 Å². The zero-order valence-corrected chi connectivity index (χ0v) is 11.4. The maximum Gasteiger partial charge on any atom is 0.230 e. The normalized spacial score (nSPS) is 23.6. The van der Waals surface area contributed by atoms with Crippen LogP contribution in [0.3, 0.4) is 0 Å². The second-order valence-electron chi connectivity index (χ2n) is 4.84. The van der Waals surface area contributed by atoms with Crippen LogP contribution in [0.2, 0.25) is 0 Å². The van der Waals surface area contributed by atoms with Gasteiger partial charge in [-0.05, 0) is 37.7 Å². The minimum absolute atomic E-state index is 0.0898. The molecule has 0 spiro atoms. The Hall–Kier alpha value is -1.10. The molecule has 5 heteroatoms. The Balaban J connectivity index is 1.69. The van der Waals surface area contributed by atoms with Crippen molar-refractivity contribution in [1.29, 1.82) is 0 Å². The number of hydrogen-bond acceptors (Lipinski definition) is 4. The minimum atomic E-state index is 0.0898. The second-order valence-corrected chi connectivity index (χ2v) is 5.79. The molecular formula is C13H19N3OS. The number of carbonyl (C=O) groups is 1. The van der Waals surface area contributed by atoms with Gasteiger partial charge >= 0.3 is 0 Å². The summed E-state index contributed by atoms with van der Waals surface area (Å²) in [6.07, 6.45) is 8.05. The molecular weight excluding hydrogens is 246 g/mol. The monoisotopic (exact) mass is 265 g/mol. The average molecular weight is 265 g/mol. The second kappa shape index (κ2) is 6.73. The van der Waals surface area contributed by atoms with Gasteiger partial charge in [0.1, 0.15) is 0 Å². The standard InChI is InChI=1S/C13H19N3OS/c1-10-3-5-11(6-4-10)16-12(17)9-18-13-14-7-2-8-15-13/h2,7-8,10-11H,3-6,9H2,1H3,(H,16,17). The van der Waals surface area contributed by atoms with Gasteiger partial charge < -0.3 is 5.32 Å². The van der Waals surface area contributed by atoms with Gasteiger partial charge in [-0.2, -0.15) is 0 Å². The summed E-state index contributed by atoms with van der Waals surface area (Å²) in [5.74, 6) is 1.30. The molecule has 0 bridgehead atoms. The first-order chi connectivity index (χ1) is 8.74. The van der Waals surface area contributed by atoms with Gasteiger partial charge in [0.2, 0.25) is 5.91 Å². The Labute approximate surface area is 112 Å². The van der Waals surface area contributed by atoms with Crippen LogP contribution in [0.15, 0.2) is 23.6 Å². The number of carbonyl (C=O) groups excluding carboxylic acids is 1. The molecule has 4 nitrogen and oxygen atoms in total. The summed E-state index contributed by atoms with van der Waals surface area (Å²) < 4.78 is 0. The maximum absolute atomic E-state index is 11.8. The average Bonchev–Trinajstić information content (AvgIpc) is 2.40. The molecule has 1 fully saturated rings. The molecule has 0 aliphatic heterocycles. The lowest BCUT2D eigenvalue weighted by Crippen LogP contribution is -2.38. The summed E-state index contributed by atoms with van der Waals surface area (Å²) in [4.78, 5) is 19.9. The van der Waals surface area contributed by atoms with Crippen molar-refractivity contribution in [2.45, 2.75) is 43.8 Å². The molecule has 1 saturated carbocycles. The highest BCUT2D eigenvalue weighted by Gasteiger charge is 2.19. The number of hydrogen-bond donors (Lipinski definition) is 1. The molecule has 0 unspecified atom stereocenters. The molecule has 0 radical (unpaired) electrons. The van der Waals surface area contributed by atoms with Gasteiger partial charge in [-0.15, -0.1) is 0 Å². The largest absolute Gasteiger partial charge is 0.353 e. The van der Waals surface area contributed by atoms with E-state index in [9.17, 15) is 4.79 Å². The van der Waals surface area contributed by atoms with Crippen LogP contribution >= 0.6 is 11.8 Å². The van der Waals surface area contributed by atoms with E-state index in [1.54, 1.807) is 18.5 Å². The highest BCUT2D eigenvalue weighted by atomic mass is 32.2. The lowest BCUT2D eigenvalue weighted by Gasteiger charge is -2.26. The van der Waals surface area contributed by atoms with E-state index in [0.29, 0.717) is 17.0 Å². The Bertz CT molecular complexity index is 377. The highest BCUT2D eigenvalue weighted by molar-refractivity contribution is 7.99. The van der Waals surface area contributed by atoms with E-state index in [4.69, 9.17) is 0 Å². The van der Waals surface area contributed by atoms with E-state index in [1.807, 2.05) is 0 Å². The molecule has 1 aromatic heterocycles. The molecule has 1 aliphatic carbocycles. The van der Waals surface area contributed by atoms with Crippen molar-refractivity contribution in [3.8, 4) is 0 Å². The first-order valence-corrected chi connectivity index (χ1v) is 7.42. The first kappa shape index (κ1) is 13.3. The molecule has 0 atom stereocenters. The van der Waals surface area contributed by atoms with E-state index < -0.39 is 0 Å². The summed E-state index contributed by atoms with van der Waals surface area (Å²) in [7, 11) is 0. The van der Waals surface area contributed by atoms with Crippen molar-refractivity contribution >= 4 is 17.7 Å². The summed E-state index contributed by atoms with van der Waals surface area (Å²) in [6.45, 7) is 2.28. The number of nitrogens with zero attached hydrogens (tertiary/aromatic N) is 2. The quantitative estimate of drug-likeness (QED) is 0.670. The lowest BCUT2D eigenvalue weighted by atomic mass is 9.87. The van der Waals surface area contributed by atoms with Crippen LogP contribution in [0, 0.1) is 5.92 Å². The van der Waals surface area contributed by atoms with E-state index in [0.717, 1.165) is 18.8 Å². The van der Waals surface area contributed by atoms with Crippen molar-refractivity contribution in [3.63, 3.8) is 0 Å². The number of nitrogens with one attached hydrogen (secondary N) is 1. The fourth-order valence-corrected chi connectivity index (χ4v) is 2.78. The Morgan fingerprint density at radius 2 is 2.00 bits per heavy atom. The summed E-state index contributed by atoms with van der Waals surface area (Å²) in [5.41, 5.74) is 0. The molecule has 2 rings (SSSR count). The number of aromatic nitrogens is 2. The van der Waals surface area contributed by atoms with Gasteiger partial charge in [-0.3, -0.25) is 4.79 Å². The van der Waals surface area contributed by atoms with Crippen molar-refractivity contribution in [1.82, 2.24) is 15.3 Å². The Morgan fingerprint density at radius 3 is 2.67 bits per heavy atom. The Kier molecular flexibility index (Phi) is 4.99. The molecule has 1 aromatic rings. The number of thioether (sulfide) groups is 1. The fourth-order valence-electron chi connectivity index (χ4n) is 2.16. The molecule has 0 saturated heterocycles. The summed E-state index contributed by atoms with van der Waals surface area (Å²) in [5, 5.41) is 3.75. The molecule has 0 aromatic carbocycles. The third-order valence-corrected chi connectivity index (χ3v) is 4.13. The van der Waals surface area contributed by atoms with Gasteiger partial charge in [0.15, 0.2) is 5.16 Å². The highest BCUT2D eigenvalue weighted by Crippen LogP contribution is 2.23. The zero-order valence-electron chi connectivity index (χ0n) is 10.6. The third kappa shape index (κ3) is 4.29. The SMILES string of the molecule is CC1CCC(NC(=O)CSc2ncccn2)CC1. The van der Waals surface area contributed by atoms with Gasteiger partial charge in [0, 0.05) is 18.4 Å². The van der Waals surface area contributed by atoms with Crippen LogP contribution in [-0.2, 0) is 4.79 Å². The number of amides is 1. The van der Waals surface area contributed by atoms with Gasteiger partial charge in [0.05, 0.1) is 5.75 Å². The van der Waals surface area contributed by atoms with Crippen LogP contribution in [-0.4, -0.2) is 27.7 Å². The van der Waals surface area contributed by atoms with Crippen LogP contribution < -0.4 is 5.32 Å². The van der Waals surface area contributed by atoms with E-state index >= 15 is 0 Å². The van der Waals surface area contributed by atoms with Gasteiger partial charge in [0.25, 0.3) is 0 Å². The summed E-state index contributed by atoms with van der Waals surface area (Å²) >= 11 is 1.38. The van der Waals surface area contributed by atoms with Gasteiger partial charge in [-0.25, -0.2) is 9.97 Å². The molecule has 98 valence electrons. The predicted molar refractivity (Wildman–Crippen MR) is 72.3 cm³/mol. The van der Waals surface area contributed by atoms with Gasteiger partial charge in [-0.1, -0.05) is 18.7 Å². The topological polar surface area (TPSA) is 54.9 Å². The van der Waals surface area contributed by atoms with Crippen LogP contribution in [0.1, 0.15) is 32.6 Å². The third-order valence-electron chi connectivity index (χ3n) is 3.26. The molecule has 1 N–H and O–H groups in total. The molecule has 1 aliphatic rings. The van der Waals surface area contributed by atoms with Crippen molar-refractivity contribution < 1.29 is 4.79 Å². The number of rotatable bonds is 4. The molecule has 1 amide bonds.